The number of unbranched alkanes of at least 4 members (excludes halogenated alkanes) is 3. The molecule has 0 bridgehead atoms. The van der Waals surface area contributed by atoms with Crippen LogP contribution in [0.15, 0.2) is 97.1 Å². The average molecular weight is 587 g/mol. The maximum atomic E-state index is 5.99. The van der Waals surface area contributed by atoms with Gasteiger partial charge < -0.3 is 11.5 Å². The van der Waals surface area contributed by atoms with Crippen LogP contribution in [-0.2, 0) is 5.41 Å². The largest absolute Gasteiger partial charge is 0.399 e. The van der Waals surface area contributed by atoms with E-state index in [1.54, 1.807) is 0 Å². The summed E-state index contributed by atoms with van der Waals surface area (Å²) in [5.74, 6) is 1.64. The molecule has 0 heterocycles. The molecule has 0 saturated heterocycles. The second-order valence-electron chi connectivity index (χ2n) is 13.4. The summed E-state index contributed by atoms with van der Waals surface area (Å²) in [4.78, 5) is 0. The number of hydrogen-bond acceptors (Lipinski definition) is 2. The van der Waals surface area contributed by atoms with Crippen LogP contribution in [0.5, 0.6) is 0 Å². The Morgan fingerprint density at radius 3 is 1.30 bits per heavy atom. The van der Waals surface area contributed by atoms with E-state index in [1.165, 1.54) is 91.2 Å². The van der Waals surface area contributed by atoms with Gasteiger partial charge in [-0.2, -0.15) is 0 Å². The SMILES string of the molecule is CCCCCCC1CCC(c2ccc(C(CC)c3ccc(N)cc3)cc2)(c2ccc(C(CC)c3ccc(N)cc3)cc2)CC1. The van der Waals surface area contributed by atoms with Gasteiger partial charge in [0.2, 0.25) is 0 Å². The van der Waals surface area contributed by atoms with E-state index in [2.05, 4.69) is 93.6 Å². The number of anilines is 2. The standard InChI is InChI=1S/C42H54N2/c1-4-7-8-9-10-31-27-29-42(30-28-31,36-19-11-32(12-20-36)40(5-2)34-15-23-38(43)24-16-34)37-21-13-33(14-22-37)41(6-3)35-17-25-39(44)26-18-35/h11-26,31,40-41H,4-10,27-30,43-44H2,1-3H3. The summed E-state index contributed by atoms with van der Waals surface area (Å²) in [5.41, 5.74) is 22.1. The third kappa shape index (κ3) is 7.23. The summed E-state index contributed by atoms with van der Waals surface area (Å²) in [6.07, 6.45) is 14.1. The zero-order chi connectivity index (χ0) is 30.9. The van der Waals surface area contributed by atoms with Crippen LogP contribution in [0.4, 0.5) is 11.4 Å². The Bertz CT molecular complexity index is 1310. The maximum Gasteiger partial charge on any atom is 0.0314 e. The zero-order valence-corrected chi connectivity index (χ0v) is 27.4. The molecule has 0 aliphatic heterocycles. The molecule has 4 aromatic carbocycles. The quantitative estimate of drug-likeness (QED) is 0.121. The molecule has 44 heavy (non-hydrogen) atoms. The predicted molar refractivity (Wildman–Crippen MR) is 190 cm³/mol. The van der Waals surface area contributed by atoms with Crippen LogP contribution < -0.4 is 11.5 Å². The molecule has 232 valence electrons. The van der Waals surface area contributed by atoms with Crippen molar-refractivity contribution in [1.82, 2.24) is 0 Å². The first kappa shape index (κ1) is 31.9. The van der Waals surface area contributed by atoms with Crippen molar-refractivity contribution in [2.75, 3.05) is 11.5 Å². The predicted octanol–water partition coefficient (Wildman–Crippen LogP) is 11.4. The molecule has 1 fully saturated rings. The minimum atomic E-state index is 0.0722. The lowest BCUT2D eigenvalue weighted by Crippen LogP contribution is -2.33. The van der Waals surface area contributed by atoms with Crippen LogP contribution in [0, 0.1) is 5.92 Å². The van der Waals surface area contributed by atoms with Gasteiger partial charge in [0.15, 0.2) is 0 Å². The molecular weight excluding hydrogens is 532 g/mol. The van der Waals surface area contributed by atoms with Crippen LogP contribution >= 0.6 is 0 Å². The third-order valence-electron chi connectivity index (χ3n) is 10.7. The Hall–Kier alpha value is -3.52. The number of rotatable bonds is 13. The molecule has 1 aliphatic rings. The Labute approximate surface area is 267 Å². The van der Waals surface area contributed by atoms with E-state index in [1.807, 2.05) is 24.3 Å². The first-order valence-corrected chi connectivity index (χ1v) is 17.4. The van der Waals surface area contributed by atoms with Crippen molar-refractivity contribution in [1.29, 1.82) is 0 Å². The summed E-state index contributed by atoms with van der Waals surface area (Å²) in [6, 6.07) is 36.3. The normalized spacial score (nSPS) is 19.8. The summed E-state index contributed by atoms with van der Waals surface area (Å²) in [7, 11) is 0. The molecule has 0 radical (unpaired) electrons. The topological polar surface area (TPSA) is 52.0 Å². The molecule has 0 aromatic heterocycles. The molecule has 5 rings (SSSR count). The van der Waals surface area contributed by atoms with Crippen LogP contribution in [0.1, 0.15) is 137 Å². The number of nitrogen functional groups attached to an aromatic ring is 2. The van der Waals surface area contributed by atoms with E-state index in [0.29, 0.717) is 11.8 Å². The molecule has 0 spiro atoms. The fourth-order valence-electron chi connectivity index (χ4n) is 7.92. The Morgan fingerprint density at radius 2 is 0.932 bits per heavy atom. The average Bonchev–Trinajstić information content (AvgIpc) is 3.06. The summed E-state index contributed by atoms with van der Waals surface area (Å²) in [5, 5.41) is 0. The van der Waals surface area contributed by atoms with Gasteiger partial charge in [0.1, 0.15) is 0 Å². The number of hydrogen-bond donors (Lipinski definition) is 2. The molecule has 4 N–H and O–H groups in total. The minimum absolute atomic E-state index is 0.0722. The maximum absolute atomic E-state index is 5.99. The fourth-order valence-corrected chi connectivity index (χ4v) is 7.92. The molecule has 0 amide bonds. The molecule has 1 saturated carbocycles. The van der Waals surface area contributed by atoms with Gasteiger partial charge in [-0.15, -0.1) is 0 Å². The van der Waals surface area contributed by atoms with E-state index in [4.69, 9.17) is 11.5 Å². The molecule has 4 aromatic rings. The van der Waals surface area contributed by atoms with E-state index >= 15 is 0 Å². The second kappa shape index (κ2) is 15.0. The van der Waals surface area contributed by atoms with E-state index in [9.17, 15) is 0 Å². The van der Waals surface area contributed by atoms with Gasteiger partial charge in [-0.3, -0.25) is 0 Å². The lowest BCUT2D eigenvalue weighted by molar-refractivity contribution is 0.250. The summed E-state index contributed by atoms with van der Waals surface area (Å²) < 4.78 is 0. The number of nitrogens with two attached hydrogens (primary N) is 2. The van der Waals surface area contributed by atoms with Crippen molar-refractivity contribution >= 4 is 11.4 Å². The molecular formula is C42H54N2. The van der Waals surface area contributed by atoms with Gasteiger partial charge >= 0.3 is 0 Å². The van der Waals surface area contributed by atoms with E-state index in [0.717, 1.165) is 30.1 Å². The van der Waals surface area contributed by atoms with Gasteiger partial charge in [-0.1, -0.05) is 126 Å². The Balaban J connectivity index is 1.43. The minimum Gasteiger partial charge on any atom is -0.399 e. The van der Waals surface area contributed by atoms with E-state index < -0.39 is 0 Å². The highest BCUT2D eigenvalue weighted by Crippen LogP contribution is 2.48. The van der Waals surface area contributed by atoms with Crippen molar-refractivity contribution in [3.05, 3.63) is 130 Å². The smallest absolute Gasteiger partial charge is 0.0314 e. The Morgan fingerprint density at radius 1 is 0.545 bits per heavy atom. The van der Waals surface area contributed by atoms with E-state index in [-0.39, 0.29) is 5.41 Å². The summed E-state index contributed by atoms with van der Waals surface area (Å²) in [6.45, 7) is 6.88. The molecule has 2 unspecified atom stereocenters. The fraction of sp³-hybridized carbons (Fsp3) is 0.429. The lowest BCUT2D eigenvalue weighted by Gasteiger charge is -2.42. The second-order valence-corrected chi connectivity index (χ2v) is 13.4. The van der Waals surface area contributed by atoms with Crippen LogP contribution in [-0.4, -0.2) is 0 Å². The van der Waals surface area contributed by atoms with Gasteiger partial charge in [0.05, 0.1) is 0 Å². The number of benzene rings is 4. The highest BCUT2D eigenvalue weighted by molar-refractivity contribution is 5.47. The Kier molecular flexibility index (Phi) is 10.9. The van der Waals surface area contributed by atoms with Crippen molar-refractivity contribution < 1.29 is 0 Å². The van der Waals surface area contributed by atoms with Gasteiger partial charge in [-0.05, 0) is 102 Å². The molecule has 1 aliphatic carbocycles. The van der Waals surface area contributed by atoms with Crippen molar-refractivity contribution in [2.45, 2.75) is 109 Å². The van der Waals surface area contributed by atoms with Crippen LogP contribution in [0.25, 0.3) is 0 Å². The van der Waals surface area contributed by atoms with Crippen LogP contribution in [0.2, 0.25) is 0 Å². The van der Waals surface area contributed by atoms with Crippen LogP contribution in [0.3, 0.4) is 0 Å². The molecule has 2 atom stereocenters. The lowest BCUT2D eigenvalue weighted by atomic mass is 9.62. The monoisotopic (exact) mass is 586 g/mol. The van der Waals surface area contributed by atoms with Crippen molar-refractivity contribution in [3.63, 3.8) is 0 Å². The molecule has 2 nitrogen and oxygen atoms in total. The highest BCUT2D eigenvalue weighted by atomic mass is 14.5. The summed E-state index contributed by atoms with van der Waals surface area (Å²) >= 11 is 0. The van der Waals surface area contributed by atoms with Gasteiger partial charge in [-0.25, -0.2) is 0 Å². The van der Waals surface area contributed by atoms with Crippen molar-refractivity contribution in [3.8, 4) is 0 Å². The van der Waals surface area contributed by atoms with Crippen molar-refractivity contribution in [2.24, 2.45) is 5.92 Å². The highest BCUT2D eigenvalue weighted by Gasteiger charge is 2.38. The molecule has 2 heteroatoms. The first-order chi connectivity index (χ1) is 21.5. The van der Waals surface area contributed by atoms with Gasteiger partial charge in [0, 0.05) is 28.6 Å². The zero-order valence-electron chi connectivity index (χ0n) is 27.4. The first-order valence-electron chi connectivity index (χ1n) is 17.4. The van der Waals surface area contributed by atoms with Gasteiger partial charge in [0.25, 0.3) is 0 Å². The third-order valence-corrected chi connectivity index (χ3v) is 10.7.